The van der Waals surface area contributed by atoms with Crippen molar-refractivity contribution in [2.45, 2.75) is 0 Å². The summed E-state index contributed by atoms with van der Waals surface area (Å²) in [6.45, 7) is 7.25. The molecule has 0 saturated carbocycles. The Morgan fingerprint density at radius 3 is 2.50 bits per heavy atom. The van der Waals surface area contributed by atoms with Crippen LogP contribution in [0.25, 0.3) is 0 Å². The van der Waals surface area contributed by atoms with Crippen molar-refractivity contribution in [3.63, 3.8) is 0 Å². The molecule has 2 aliphatic rings. The van der Waals surface area contributed by atoms with E-state index in [0.29, 0.717) is 25.5 Å². The highest BCUT2D eigenvalue weighted by Crippen LogP contribution is 2.32. The van der Waals surface area contributed by atoms with Crippen LogP contribution in [-0.4, -0.2) is 90.3 Å². The first-order valence-electron chi connectivity index (χ1n) is 10.2. The van der Waals surface area contributed by atoms with Gasteiger partial charge in [0.15, 0.2) is 0 Å². The van der Waals surface area contributed by atoms with Crippen molar-refractivity contribution in [2.75, 3.05) is 80.7 Å². The lowest BCUT2D eigenvalue weighted by molar-refractivity contribution is -0.383. The fraction of sp³-hybridized carbons (Fsp3) is 0.526. The van der Waals surface area contributed by atoms with E-state index in [1.165, 1.54) is 6.33 Å². The Kier molecular flexibility index (Phi) is 6.50. The molecular formula is C19H26N8O3. The van der Waals surface area contributed by atoms with E-state index in [4.69, 9.17) is 4.74 Å². The second-order valence-electron chi connectivity index (χ2n) is 7.19. The topological polar surface area (TPSA) is 113 Å². The van der Waals surface area contributed by atoms with Crippen LogP contribution in [0.3, 0.4) is 0 Å². The molecule has 11 heteroatoms. The standard InChI is InChI=1S/C19H26N8O3/c28-27(29)17-18(21-5-6-24-11-13-30-14-12-24)22-15-23-19(17)26-9-7-25(8-10-26)16-3-1-2-4-20-16/h1-4,15H,5-14H2,(H,21,22,23). The number of anilines is 3. The van der Waals surface area contributed by atoms with E-state index in [1.54, 1.807) is 6.20 Å². The van der Waals surface area contributed by atoms with Gasteiger partial charge in [-0.15, -0.1) is 0 Å². The van der Waals surface area contributed by atoms with Gasteiger partial charge in [0.1, 0.15) is 12.1 Å². The molecule has 2 aromatic heterocycles. The molecule has 4 heterocycles. The Morgan fingerprint density at radius 2 is 1.80 bits per heavy atom. The van der Waals surface area contributed by atoms with E-state index in [1.807, 2.05) is 23.1 Å². The van der Waals surface area contributed by atoms with Crippen molar-refractivity contribution in [1.82, 2.24) is 19.9 Å². The van der Waals surface area contributed by atoms with Gasteiger partial charge in [-0.3, -0.25) is 15.0 Å². The second kappa shape index (κ2) is 9.63. The summed E-state index contributed by atoms with van der Waals surface area (Å²) in [7, 11) is 0. The maximum Gasteiger partial charge on any atom is 0.353 e. The summed E-state index contributed by atoms with van der Waals surface area (Å²) in [5, 5.41) is 15.0. The predicted octanol–water partition coefficient (Wildman–Crippen LogP) is 0.850. The lowest BCUT2D eigenvalue weighted by Gasteiger charge is -2.35. The summed E-state index contributed by atoms with van der Waals surface area (Å²) in [6.07, 6.45) is 3.16. The third-order valence-electron chi connectivity index (χ3n) is 5.36. The number of nitrogens with one attached hydrogen (secondary N) is 1. The molecule has 2 fully saturated rings. The highest BCUT2D eigenvalue weighted by molar-refractivity contribution is 5.70. The van der Waals surface area contributed by atoms with Crippen molar-refractivity contribution >= 4 is 23.1 Å². The highest BCUT2D eigenvalue weighted by atomic mass is 16.6. The van der Waals surface area contributed by atoms with Crippen LogP contribution in [0.15, 0.2) is 30.7 Å². The largest absolute Gasteiger partial charge is 0.379 e. The normalized spacial score (nSPS) is 17.7. The van der Waals surface area contributed by atoms with Crippen molar-refractivity contribution in [2.24, 2.45) is 0 Å². The fourth-order valence-corrected chi connectivity index (χ4v) is 3.74. The molecule has 0 unspecified atom stereocenters. The van der Waals surface area contributed by atoms with Crippen LogP contribution in [0.1, 0.15) is 0 Å². The van der Waals surface area contributed by atoms with Crippen LogP contribution in [0.4, 0.5) is 23.1 Å². The van der Waals surface area contributed by atoms with Gasteiger partial charge in [-0.1, -0.05) is 6.07 Å². The first kappa shape index (κ1) is 20.2. The number of nitro groups is 1. The molecule has 160 valence electrons. The Labute approximate surface area is 174 Å². The van der Waals surface area contributed by atoms with Crippen LogP contribution in [0.2, 0.25) is 0 Å². The van der Waals surface area contributed by atoms with Crippen LogP contribution < -0.4 is 15.1 Å². The molecule has 30 heavy (non-hydrogen) atoms. The number of hydrogen-bond acceptors (Lipinski definition) is 10. The predicted molar refractivity (Wildman–Crippen MR) is 113 cm³/mol. The summed E-state index contributed by atoms with van der Waals surface area (Å²) in [4.78, 5) is 30.6. The lowest BCUT2D eigenvalue weighted by Crippen LogP contribution is -2.47. The lowest BCUT2D eigenvalue weighted by atomic mass is 10.2. The number of pyridine rings is 1. The summed E-state index contributed by atoms with van der Waals surface area (Å²) in [6, 6.07) is 5.82. The molecule has 2 aliphatic heterocycles. The molecule has 0 bridgehead atoms. The number of ether oxygens (including phenoxy) is 1. The first-order chi connectivity index (χ1) is 14.7. The van der Waals surface area contributed by atoms with E-state index >= 15 is 0 Å². The van der Waals surface area contributed by atoms with Gasteiger partial charge in [-0.05, 0) is 12.1 Å². The quantitative estimate of drug-likeness (QED) is 0.517. The Hall–Kier alpha value is -3.05. The fourth-order valence-electron chi connectivity index (χ4n) is 3.74. The van der Waals surface area contributed by atoms with Gasteiger partial charge in [0.25, 0.3) is 0 Å². The van der Waals surface area contributed by atoms with E-state index in [2.05, 4.69) is 30.1 Å². The van der Waals surface area contributed by atoms with Crippen molar-refractivity contribution < 1.29 is 9.66 Å². The van der Waals surface area contributed by atoms with Gasteiger partial charge in [0.2, 0.25) is 11.6 Å². The maximum absolute atomic E-state index is 11.8. The summed E-state index contributed by atoms with van der Waals surface area (Å²) in [5.74, 6) is 1.55. The van der Waals surface area contributed by atoms with Crippen LogP contribution in [-0.2, 0) is 4.74 Å². The van der Waals surface area contributed by atoms with Gasteiger partial charge in [0, 0.05) is 58.6 Å². The third kappa shape index (κ3) is 4.74. The average molecular weight is 414 g/mol. The van der Waals surface area contributed by atoms with Crippen LogP contribution >= 0.6 is 0 Å². The van der Waals surface area contributed by atoms with Crippen molar-refractivity contribution in [3.05, 3.63) is 40.8 Å². The Balaban J connectivity index is 1.41. The van der Waals surface area contributed by atoms with E-state index in [0.717, 1.165) is 51.8 Å². The van der Waals surface area contributed by atoms with Crippen molar-refractivity contribution in [1.29, 1.82) is 0 Å². The zero-order chi connectivity index (χ0) is 20.8. The molecule has 2 aromatic rings. The molecule has 11 nitrogen and oxygen atoms in total. The number of aromatic nitrogens is 3. The number of piperazine rings is 1. The molecule has 1 N–H and O–H groups in total. The summed E-state index contributed by atoms with van der Waals surface area (Å²) >= 11 is 0. The zero-order valence-corrected chi connectivity index (χ0v) is 16.8. The molecular weight excluding hydrogens is 388 g/mol. The Morgan fingerprint density at radius 1 is 1.03 bits per heavy atom. The third-order valence-corrected chi connectivity index (χ3v) is 5.36. The molecule has 0 aliphatic carbocycles. The van der Waals surface area contributed by atoms with Gasteiger partial charge in [-0.2, -0.15) is 0 Å². The molecule has 0 amide bonds. The number of morpholine rings is 1. The molecule has 0 atom stereocenters. The molecule has 2 saturated heterocycles. The summed E-state index contributed by atoms with van der Waals surface area (Å²) in [5.41, 5.74) is -0.0641. The number of hydrogen-bond donors (Lipinski definition) is 1. The van der Waals surface area contributed by atoms with Gasteiger partial charge < -0.3 is 19.9 Å². The van der Waals surface area contributed by atoms with Crippen LogP contribution in [0.5, 0.6) is 0 Å². The minimum absolute atomic E-state index is 0.0641. The average Bonchev–Trinajstić information content (AvgIpc) is 2.80. The molecule has 0 radical (unpaired) electrons. The second-order valence-corrected chi connectivity index (χ2v) is 7.19. The highest BCUT2D eigenvalue weighted by Gasteiger charge is 2.29. The van der Waals surface area contributed by atoms with Crippen molar-refractivity contribution in [3.8, 4) is 0 Å². The molecule has 0 spiro atoms. The van der Waals surface area contributed by atoms with E-state index in [-0.39, 0.29) is 11.5 Å². The van der Waals surface area contributed by atoms with Gasteiger partial charge >= 0.3 is 5.69 Å². The molecule has 4 rings (SSSR count). The summed E-state index contributed by atoms with van der Waals surface area (Å²) < 4.78 is 5.35. The van der Waals surface area contributed by atoms with E-state index in [9.17, 15) is 10.1 Å². The number of nitrogens with zero attached hydrogens (tertiary/aromatic N) is 7. The van der Waals surface area contributed by atoms with Gasteiger partial charge in [0.05, 0.1) is 18.1 Å². The SMILES string of the molecule is O=[N+]([O-])c1c(NCCN2CCOCC2)ncnc1N1CCN(c2ccccn2)CC1. The smallest absolute Gasteiger partial charge is 0.353 e. The van der Waals surface area contributed by atoms with Gasteiger partial charge in [-0.25, -0.2) is 15.0 Å². The monoisotopic (exact) mass is 414 g/mol. The Bertz CT molecular complexity index is 839. The molecule has 0 aromatic carbocycles. The minimum atomic E-state index is -0.391. The van der Waals surface area contributed by atoms with E-state index < -0.39 is 4.92 Å². The first-order valence-corrected chi connectivity index (χ1v) is 10.2. The van der Waals surface area contributed by atoms with Crippen LogP contribution in [0, 0.1) is 10.1 Å². The number of rotatable bonds is 7. The minimum Gasteiger partial charge on any atom is -0.379 e. The maximum atomic E-state index is 11.8. The zero-order valence-electron chi connectivity index (χ0n) is 16.8.